The van der Waals surface area contributed by atoms with Crippen LogP contribution < -0.4 is 5.32 Å². The number of carbonyl (C=O) groups is 1. The summed E-state index contributed by atoms with van der Waals surface area (Å²) in [4.78, 5) is 15.0. The molecule has 0 bridgehead atoms. The Bertz CT molecular complexity index is 718. The normalized spacial score (nSPS) is 10.7. The van der Waals surface area contributed by atoms with Crippen LogP contribution in [0, 0.1) is 0 Å². The van der Waals surface area contributed by atoms with Crippen molar-refractivity contribution < 1.29 is 14.3 Å². The predicted molar refractivity (Wildman–Crippen MR) is 66.0 cm³/mol. The zero-order chi connectivity index (χ0) is 13.2. The molecule has 19 heavy (non-hydrogen) atoms. The van der Waals surface area contributed by atoms with Crippen LogP contribution >= 0.6 is 0 Å². The molecular weight excluding hydrogens is 248 g/mol. The number of fused-ring (bicyclic) bond motifs is 1. The Balaban J connectivity index is 1.93. The molecule has 3 heterocycles. The summed E-state index contributed by atoms with van der Waals surface area (Å²) in [6, 6.07) is 5.36. The van der Waals surface area contributed by atoms with Gasteiger partial charge < -0.3 is 14.8 Å². The molecule has 3 rings (SSSR count). The Morgan fingerprint density at radius 2 is 2.37 bits per heavy atom. The first kappa shape index (κ1) is 11.3. The molecule has 0 amide bonds. The van der Waals surface area contributed by atoms with Gasteiger partial charge in [0.15, 0.2) is 5.65 Å². The minimum atomic E-state index is -1.05. The van der Waals surface area contributed by atoms with Crippen molar-refractivity contribution in [2.75, 3.05) is 5.32 Å². The zero-order valence-corrected chi connectivity index (χ0v) is 9.78. The van der Waals surface area contributed by atoms with E-state index in [-0.39, 0.29) is 5.56 Å². The van der Waals surface area contributed by atoms with Crippen molar-refractivity contribution in [3.63, 3.8) is 0 Å². The smallest absolute Gasteiger partial charge is 0.341 e. The van der Waals surface area contributed by atoms with Gasteiger partial charge in [-0.2, -0.15) is 9.61 Å². The number of carboxylic acids is 1. The summed E-state index contributed by atoms with van der Waals surface area (Å²) in [5, 5.41) is 16.2. The maximum atomic E-state index is 11.0. The summed E-state index contributed by atoms with van der Waals surface area (Å²) in [7, 11) is 0. The summed E-state index contributed by atoms with van der Waals surface area (Å²) < 4.78 is 6.66. The van der Waals surface area contributed by atoms with Crippen LogP contribution in [0.25, 0.3) is 5.65 Å². The Morgan fingerprint density at radius 1 is 1.47 bits per heavy atom. The van der Waals surface area contributed by atoms with E-state index in [1.807, 2.05) is 6.07 Å². The lowest BCUT2D eigenvalue weighted by Crippen LogP contribution is -2.05. The maximum Gasteiger partial charge on any atom is 0.341 e. The lowest BCUT2D eigenvalue weighted by Gasteiger charge is -2.06. The average molecular weight is 258 g/mol. The minimum absolute atomic E-state index is 0.0710. The molecule has 0 aliphatic rings. The molecule has 0 aliphatic heterocycles. The van der Waals surface area contributed by atoms with E-state index in [1.54, 1.807) is 18.4 Å². The van der Waals surface area contributed by atoms with Gasteiger partial charge in [0.1, 0.15) is 17.1 Å². The van der Waals surface area contributed by atoms with E-state index in [2.05, 4.69) is 15.4 Å². The molecular formula is C12H10N4O3. The Labute approximate surface area is 107 Å². The van der Waals surface area contributed by atoms with Gasteiger partial charge in [0.25, 0.3) is 0 Å². The first-order valence-corrected chi connectivity index (χ1v) is 5.58. The molecule has 3 aromatic rings. The molecule has 2 N–H and O–H groups in total. The van der Waals surface area contributed by atoms with Gasteiger partial charge >= 0.3 is 5.97 Å². The van der Waals surface area contributed by atoms with E-state index in [4.69, 9.17) is 9.52 Å². The maximum absolute atomic E-state index is 11.0. The number of carboxylic acid groups (broad SMARTS) is 1. The molecule has 0 unspecified atom stereocenters. The molecule has 3 aromatic heterocycles. The Hall–Kier alpha value is -2.83. The van der Waals surface area contributed by atoms with Crippen LogP contribution in [0.15, 0.2) is 41.3 Å². The van der Waals surface area contributed by atoms with Gasteiger partial charge in [0.2, 0.25) is 0 Å². The van der Waals surface area contributed by atoms with Gasteiger partial charge in [0.05, 0.1) is 19.0 Å². The van der Waals surface area contributed by atoms with Crippen molar-refractivity contribution in [2.24, 2.45) is 0 Å². The van der Waals surface area contributed by atoms with Crippen LogP contribution in [0.5, 0.6) is 0 Å². The molecule has 0 saturated heterocycles. The van der Waals surface area contributed by atoms with Gasteiger partial charge in [-0.25, -0.2) is 9.78 Å². The van der Waals surface area contributed by atoms with Crippen LogP contribution in [-0.4, -0.2) is 25.7 Å². The molecule has 0 fully saturated rings. The number of rotatable bonds is 4. The van der Waals surface area contributed by atoms with Crippen molar-refractivity contribution in [3.8, 4) is 0 Å². The fourth-order valence-corrected chi connectivity index (χ4v) is 1.77. The number of aromatic nitrogens is 3. The molecule has 0 atom stereocenters. The van der Waals surface area contributed by atoms with E-state index in [1.165, 1.54) is 16.9 Å². The zero-order valence-electron chi connectivity index (χ0n) is 9.78. The molecule has 0 spiro atoms. The third-order valence-electron chi connectivity index (χ3n) is 2.66. The molecule has 0 aliphatic carbocycles. The van der Waals surface area contributed by atoms with E-state index >= 15 is 0 Å². The Kier molecular flexibility index (Phi) is 2.64. The van der Waals surface area contributed by atoms with Gasteiger partial charge in [-0.3, -0.25) is 0 Å². The van der Waals surface area contributed by atoms with E-state index in [0.717, 1.165) is 5.76 Å². The molecule has 96 valence electrons. The van der Waals surface area contributed by atoms with Crippen molar-refractivity contribution in [1.29, 1.82) is 0 Å². The summed E-state index contributed by atoms with van der Waals surface area (Å²) in [6.07, 6.45) is 4.41. The second-order valence-electron chi connectivity index (χ2n) is 3.86. The molecule has 0 radical (unpaired) electrons. The highest BCUT2D eigenvalue weighted by Crippen LogP contribution is 2.14. The van der Waals surface area contributed by atoms with Crippen molar-refractivity contribution in [3.05, 3.63) is 48.2 Å². The van der Waals surface area contributed by atoms with E-state index < -0.39 is 5.97 Å². The summed E-state index contributed by atoms with van der Waals surface area (Å²) in [5.74, 6) is 0.371. The molecule has 0 aromatic carbocycles. The summed E-state index contributed by atoms with van der Waals surface area (Å²) >= 11 is 0. The lowest BCUT2D eigenvalue weighted by atomic mass is 10.3. The van der Waals surface area contributed by atoms with Crippen LogP contribution in [0.1, 0.15) is 16.1 Å². The first-order valence-electron chi connectivity index (χ1n) is 5.58. The van der Waals surface area contributed by atoms with Crippen molar-refractivity contribution in [1.82, 2.24) is 14.6 Å². The van der Waals surface area contributed by atoms with Crippen LogP contribution in [0.4, 0.5) is 5.82 Å². The fraction of sp³-hybridized carbons (Fsp3) is 0.0833. The highest BCUT2D eigenvalue weighted by atomic mass is 16.4. The molecule has 0 saturated carbocycles. The number of anilines is 1. The first-order chi connectivity index (χ1) is 9.25. The van der Waals surface area contributed by atoms with Gasteiger partial charge in [-0.05, 0) is 18.2 Å². The molecule has 7 nitrogen and oxygen atoms in total. The fourth-order valence-electron chi connectivity index (χ4n) is 1.77. The van der Waals surface area contributed by atoms with Gasteiger partial charge in [-0.15, -0.1) is 0 Å². The van der Waals surface area contributed by atoms with E-state index in [0.29, 0.717) is 18.0 Å². The van der Waals surface area contributed by atoms with E-state index in [9.17, 15) is 4.79 Å². The number of nitrogens with one attached hydrogen (secondary N) is 1. The van der Waals surface area contributed by atoms with Crippen LogP contribution in [-0.2, 0) is 6.54 Å². The third kappa shape index (κ3) is 2.01. The predicted octanol–water partition coefficient (Wildman–Crippen LogP) is 1.63. The monoisotopic (exact) mass is 258 g/mol. The quantitative estimate of drug-likeness (QED) is 0.738. The summed E-state index contributed by atoms with van der Waals surface area (Å²) in [6.45, 7) is 0.481. The standard InChI is InChI=1S/C12H10N4O3/c17-12(18)9-7-15-16-10(3-4-13-11(9)16)14-6-8-2-1-5-19-8/h1-5,7,14H,6H2,(H,17,18). The van der Waals surface area contributed by atoms with Crippen molar-refractivity contribution >= 4 is 17.4 Å². The summed E-state index contributed by atoms with van der Waals surface area (Å²) in [5.41, 5.74) is 0.374. The largest absolute Gasteiger partial charge is 0.477 e. The number of nitrogens with zero attached hydrogens (tertiary/aromatic N) is 3. The number of hydrogen-bond acceptors (Lipinski definition) is 5. The SMILES string of the molecule is O=C(O)c1cnn2c(NCc3ccco3)ccnc12. The number of furan rings is 1. The van der Waals surface area contributed by atoms with Gasteiger partial charge in [-0.1, -0.05) is 0 Å². The number of hydrogen-bond donors (Lipinski definition) is 2. The minimum Gasteiger partial charge on any atom is -0.477 e. The average Bonchev–Trinajstić information content (AvgIpc) is 3.05. The highest BCUT2D eigenvalue weighted by Gasteiger charge is 2.14. The Morgan fingerprint density at radius 3 is 3.11 bits per heavy atom. The highest BCUT2D eigenvalue weighted by molar-refractivity contribution is 5.94. The molecule has 7 heteroatoms. The second-order valence-corrected chi connectivity index (χ2v) is 3.86. The van der Waals surface area contributed by atoms with Crippen LogP contribution in [0.2, 0.25) is 0 Å². The van der Waals surface area contributed by atoms with Gasteiger partial charge in [0, 0.05) is 6.20 Å². The van der Waals surface area contributed by atoms with Crippen LogP contribution in [0.3, 0.4) is 0 Å². The second kappa shape index (κ2) is 4.45. The van der Waals surface area contributed by atoms with Crippen molar-refractivity contribution in [2.45, 2.75) is 6.54 Å². The third-order valence-corrected chi connectivity index (χ3v) is 2.66. The number of aromatic carboxylic acids is 1. The lowest BCUT2D eigenvalue weighted by molar-refractivity contribution is 0.0699. The topological polar surface area (TPSA) is 92.7 Å².